The van der Waals surface area contributed by atoms with Gasteiger partial charge in [-0.3, -0.25) is 0 Å². The fraction of sp³-hybridized carbons (Fsp3) is 0.500. The van der Waals surface area contributed by atoms with Crippen LogP contribution in [0.1, 0.15) is 18.9 Å². The lowest BCUT2D eigenvalue weighted by molar-refractivity contribution is 0.0901. The summed E-state index contributed by atoms with van der Waals surface area (Å²) in [7, 11) is -0.259. The van der Waals surface area contributed by atoms with Gasteiger partial charge in [-0.2, -0.15) is 0 Å². The summed E-state index contributed by atoms with van der Waals surface area (Å²) in [6.45, 7) is 4.37. The Morgan fingerprint density at radius 3 is 2.67 bits per heavy atom. The molecule has 0 bridgehead atoms. The lowest BCUT2D eigenvalue weighted by Gasteiger charge is -2.05. The van der Waals surface area contributed by atoms with Crippen LogP contribution in [0.5, 0.6) is 0 Å². The van der Waals surface area contributed by atoms with Gasteiger partial charge >= 0.3 is 0 Å². The molecule has 0 aliphatic heterocycles. The van der Waals surface area contributed by atoms with E-state index in [1.807, 2.05) is 18.2 Å². The molecule has 0 spiro atoms. The monoisotopic (exact) mass is 224 g/mol. The quantitative estimate of drug-likeness (QED) is 0.497. The molecule has 15 heavy (non-hydrogen) atoms. The van der Waals surface area contributed by atoms with Gasteiger partial charge in [0.15, 0.2) is 9.76 Å². The van der Waals surface area contributed by atoms with E-state index in [9.17, 15) is 0 Å². The van der Waals surface area contributed by atoms with E-state index in [1.54, 1.807) is 0 Å². The van der Waals surface area contributed by atoms with Crippen LogP contribution < -0.4 is 0 Å². The number of rotatable bonds is 8. The molecule has 0 aliphatic rings. The SMILES string of the molecule is CCC[SiH2]OCCOCc1ccccc1. The summed E-state index contributed by atoms with van der Waals surface area (Å²) in [5.41, 5.74) is 1.23. The van der Waals surface area contributed by atoms with E-state index in [2.05, 4.69) is 19.1 Å². The normalized spacial score (nSPS) is 11.3. The van der Waals surface area contributed by atoms with Crippen LogP contribution >= 0.6 is 0 Å². The van der Waals surface area contributed by atoms with E-state index in [1.165, 1.54) is 18.0 Å². The molecule has 1 aromatic carbocycles. The van der Waals surface area contributed by atoms with Gasteiger partial charge in [0.1, 0.15) is 0 Å². The van der Waals surface area contributed by atoms with Crippen LogP contribution in [0.2, 0.25) is 6.04 Å². The first-order valence-electron chi connectivity index (χ1n) is 5.63. The highest BCUT2D eigenvalue weighted by Crippen LogP contribution is 1.99. The predicted molar refractivity (Wildman–Crippen MR) is 65.7 cm³/mol. The number of hydrogen-bond donors (Lipinski definition) is 0. The van der Waals surface area contributed by atoms with Crippen molar-refractivity contribution < 1.29 is 9.16 Å². The van der Waals surface area contributed by atoms with Gasteiger partial charge in [-0.05, 0) is 11.6 Å². The molecule has 0 aromatic heterocycles. The molecular weight excluding hydrogens is 204 g/mol. The van der Waals surface area contributed by atoms with E-state index in [-0.39, 0.29) is 9.76 Å². The molecule has 1 aromatic rings. The molecule has 0 heterocycles. The zero-order chi connectivity index (χ0) is 10.8. The molecule has 0 fully saturated rings. The lowest BCUT2D eigenvalue weighted by atomic mass is 10.2. The first-order valence-corrected chi connectivity index (χ1v) is 7.20. The maximum atomic E-state index is 5.53. The van der Waals surface area contributed by atoms with Crippen LogP contribution in [-0.2, 0) is 15.8 Å². The molecule has 0 N–H and O–H groups in total. The molecule has 0 saturated heterocycles. The Morgan fingerprint density at radius 1 is 1.13 bits per heavy atom. The summed E-state index contributed by atoms with van der Waals surface area (Å²) in [5, 5.41) is 0. The van der Waals surface area contributed by atoms with E-state index >= 15 is 0 Å². The number of hydrogen-bond acceptors (Lipinski definition) is 2. The Bertz CT molecular complexity index is 239. The molecule has 1 rings (SSSR count). The minimum atomic E-state index is -0.259. The van der Waals surface area contributed by atoms with Crippen molar-refractivity contribution in [2.45, 2.75) is 26.0 Å². The maximum absolute atomic E-state index is 5.53. The van der Waals surface area contributed by atoms with Crippen molar-refractivity contribution in [3.05, 3.63) is 35.9 Å². The highest BCUT2D eigenvalue weighted by molar-refractivity contribution is 6.26. The van der Waals surface area contributed by atoms with Crippen molar-refractivity contribution in [1.82, 2.24) is 0 Å². The second kappa shape index (κ2) is 8.65. The van der Waals surface area contributed by atoms with E-state index in [0.29, 0.717) is 13.2 Å². The van der Waals surface area contributed by atoms with Crippen molar-refractivity contribution >= 4 is 9.76 Å². The minimum absolute atomic E-state index is 0.259. The fourth-order valence-electron chi connectivity index (χ4n) is 1.23. The van der Waals surface area contributed by atoms with Gasteiger partial charge in [0.2, 0.25) is 0 Å². The summed E-state index contributed by atoms with van der Waals surface area (Å²) in [6.07, 6.45) is 1.25. The maximum Gasteiger partial charge on any atom is 0.161 e. The smallest absolute Gasteiger partial charge is 0.161 e. The van der Waals surface area contributed by atoms with Crippen LogP contribution in [0.15, 0.2) is 30.3 Å². The van der Waals surface area contributed by atoms with Crippen LogP contribution in [-0.4, -0.2) is 23.0 Å². The third-order valence-electron chi connectivity index (χ3n) is 2.13. The highest BCUT2D eigenvalue weighted by Gasteiger charge is 1.92. The van der Waals surface area contributed by atoms with Crippen LogP contribution in [0, 0.1) is 0 Å². The van der Waals surface area contributed by atoms with E-state index in [0.717, 1.165) is 6.61 Å². The van der Waals surface area contributed by atoms with Gasteiger partial charge < -0.3 is 9.16 Å². The van der Waals surface area contributed by atoms with Gasteiger partial charge in [-0.15, -0.1) is 0 Å². The molecule has 0 radical (unpaired) electrons. The average Bonchev–Trinajstić information content (AvgIpc) is 2.29. The molecule has 0 aliphatic carbocycles. The second-order valence-corrected chi connectivity index (χ2v) is 5.03. The van der Waals surface area contributed by atoms with Crippen LogP contribution in [0.3, 0.4) is 0 Å². The van der Waals surface area contributed by atoms with E-state index < -0.39 is 0 Å². The van der Waals surface area contributed by atoms with Gasteiger partial charge in [0, 0.05) is 0 Å². The van der Waals surface area contributed by atoms with Crippen molar-refractivity contribution in [3.8, 4) is 0 Å². The first-order chi connectivity index (χ1) is 7.43. The summed E-state index contributed by atoms with van der Waals surface area (Å²) >= 11 is 0. The third kappa shape index (κ3) is 6.44. The number of ether oxygens (including phenoxy) is 1. The van der Waals surface area contributed by atoms with Crippen molar-refractivity contribution in [2.24, 2.45) is 0 Å². The highest BCUT2D eigenvalue weighted by atomic mass is 28.2. The van der Waals surface area contributed by atoms with Gasteiger partial charge in [0.05, 0.1) is 19.8 Å². The largest absolute Gasteiger partial charge is 0.422 e. The Labute approximate surface area is 94.5 Å². The van der Waals surface area contributed by atoms with E-state index in [4.69, 9.17) is 9.16 Å². The summed E-state index contributed by atoms with van der Waals surface area (Å²) in [5.74, 6) is 0. The summed E-state index contributed by atoms with van der Waals surface area (Å²) in [6, 6.07) is 11.5. The topological polar surface area (TPSA) is 18.5 Å². The van der Waals surface area contributed by atoms with Crippen molar-refractivity contribution in [3.63, 3.8) is 0 Å². The molecule has 0 atom stereocenters. The Morgan fingerprint density at radius 2 is 1.93 bits per heavy atom. The zero-order valence-electron chi connectivity index (χ0n) is 9.45. The lowest BCUT2D eigenvalue weighted by Crippen LogP contribution is -2.06. The molecule has 0 unspecified atom stereocenters. The Balaban J connectivity index is 1.93. The van der Waals surface area contributed by atoms with Crippen LogP contribution in [0.4, 0.5) is 0 Å². The second-order valence-electron chi connectivity index (χ2n) is 3.50. The molecule has 0 amide bonds. The molecule has 3 heteroatoms. The number of benzene rings is 1. The third-order valence-corrected chi connectivity index (χ3v) is 3.70. The molecule has 0 saturated carbocycles. The molecule has 84 valence electrons. The minimum Gasteiger partial charge on any atom is -0.422 e. The predicted octanol–water partition coefficient (Wildman–Crippen LogP) is 2.13. The van der Waals surface area contributed by atoms with Gasteiger partial charge in [-0.1, -0.05) is 43.7 Å². The standard InChI is InChI=1S/C12H20O2Si/c1-2-10-15-14-9-8-13-11-12-6-4-3-5-7-12/h3-7H,2,8-11,15H2,1H3. The molecular formula is C12H20O2Si. The van der Waals surface area contributed by atoms with Gasteiger partial charge in [0.25, 0.3) is 0 Å². The first kappa shape index (κ1) is 12.4. The Kier molecular flexibility index (Phi) is 7.16. The zero-order valence-corrected chi connectivity index (χ0v) is 10.9. The van der Waals surface area contributed by atoms with Crippen molar-refractivity contribution in [1.29, 1.82) is 0 Å². The summed E-state index contributed by atoms with van der Waals surface area (Å²) in [4.78, 5) is 0. The average molecular weight is 224 g/mol. The fourth-order valence-corrected chi connectivity index (χ4v) is 2.05. The van der Waals surface area contributed by atoms with Crippen molar-refractivity contribution in [2.75, 3.05) is 13.2 Å². The van der Waals surface area contributed by atoms with Crippen LogP contribution in [0.25, 0.3) is 0 Å². The van der Waals surface area contributed by atoms with Gasteiger partial charge in [-0.25, -0.2) is 0 Å². The summed E-state index contributed by atoms with van der Waals surface area (Å²) < 4.78 is 11.0. The Hall–Kier alpha value is -0.643. The molecule has 2 nitrogen and oxygen atoms in total.